The fourth-order valence-corrected chi connectivity index (χ4v) is 5.76. The van der Waals surface area contributed by atoms with Crippen LogP contribution in [-0.2, 0) is 0 Å². The van der Waals surface area contributed by atoms with Gasteiger partial charge in [0.1, 0.15) is 0 Å². The van der Waals surface area contributed by atoms with E-state index in [9.17, 15) is 0 Å². The van der Waals surface area contributed by atoms with Gasteiger partial charge in [-0.1, -0.05) is 0 Å². The maximum atomic E-state index is 4.92. The second-order valence-electron chi connectivity index (χ2n) is 7.47. The molecule has 0 spiro atoms. The van der Waals surface area contributed by atoms with E-state index in [1.54, 1.807) is 0 Å². The summed E-state index contributed by atoms with van der Waals surface area (Å²) in [5.41, 5.74) is 3.66. The Kier molecular flexibility index (Phi) is 7.53. The first-order valence-corrected chi connectivity index (χ1v) is 12.0. The summed E-state index contributed by atoms with van der Waals surface area (Å²) in [6.45, 7) is 8.80. The molecular weight excluding hydrogens is 415 g/mol. The summed E-state index contributed by atoms with van der Waals surface area (Å²) in [4.78, 5) is 4.92. The Hall–Kier alpha value is -2.53. The van der Waals surface area contributed by atoms with Crippen LogP contribution in [-0.4, -0.2) is 28.0 Å². The molecule has 0 saturated carbocycles. The zero-order valence-electron chi connectivity index (χ0n) is 17.7. The predicted octanol–water partition coefficient (Wildman–Crippen LogP) is 5.58. The van der Waals surface area contributed by atoms with Crippen LogP contribution in [0.3, 0.4) is 0 Å². The standard InChI is InChI=1S/C25H29GeN3/c1-20(2)27-24-18-12-7-13-19-25(24)28(21(3)4)26-29(22-14-8-5-9-15-22)23-16-10-6-11-17-23/h5-21H,1-4H3. The first-order chi connectivity index (χ1) is 14.1. The van der Waals surface area contributed by atoms with E-state index in [1.165, 1.54) is 17.1 Å². The second-order valence-corrected chi connectivity index (χ2v) is 9.84. The number of hydrogen-bond acceptors (Lipinski definition) is 3. The van der Waals surface area contributed by atoms with Crippen molar-refractivity contribution in [1.82, 2.24) is 0 Å². The summed E-state index contributed by atoms with van der Waals surface area (Å²) in [7, 11) is 0. The van der Waals surface area contributed by atoms with Crippen LogP contribution in [0.2, 0.25) is 0 Å². The van der Waals surface area contributed by atoms with Crippen LogP contribution in [0, 0.1) is 0 Å². The molecule has 0 atom stereocenters. The maximum absolute atomic E-state index is 4.92. The molecule has 0 fully saturated rings. The third kappa shape index (κ3) is 5.73. The Morgan fingerprint density at radius 2 is 1.14 bits per heavy atom. The van der Waals surface area contributed by atoms with Crippen LogP contribution in [0.5, 0.6) is 0 Å². The van der Waals surface area contributed by atoms with Crippen LogP contribution >= 0.6 is 0 Å². The van der Waals surface area contributed by atoms with E-state index in [4.69, 9.17) is 4.99 Å². The van der Waals surface area contributed by atoms with Crippen molar-refractivity contribution in [3.05, 3.63) is 96.4 Å². The molecule has 3 aromatic carbocycles. The zero-order valence-corrected chi connectivity index (χ0v) is 19.8. The van der Waals surface area contributed by atoms with Gasteiger partial charge in [-0.05, 0) is 0 Å². The Morgan fingerprint density at radius 1 is 0.655 bits per heavy atom. The molecule has 0 aliphatic rings. The van der Waals surface area contributed by atoms with Crippen molar-refractivity contribution in [2.24, 2.45) is 4.99 Å². The van der Waals surface area contributed by atoms with Crippen molar-refractivity contribution in [1.29, 1.82) is 0 Å². The van der Waals surface area contributed by atoms with Gasteiger partial charge in [-0.25, -0.2) is 0 Å². The molecule has 148 valence electrons. The third-order valence-electron chi connectivity index (χ3n) is 4.40. The van der Waals surface area contributed by atoms with E-state index in [2.05, 4.69) is 126 Å². The van der Waals surface area contributed by atoms with E-state index in [1.807, 2.05) is 0 Å². The van der Waals surface area contributed by atoms with Crippen LogP contribution in [0.15, 0.2) is 96.0 Å². The summed E-state index contributed by atoms with van der Waals surface area (Å²) in [5.74, 6) is 0. The van der Waals surface area contributed by atoms with Gasteiger partial charge in [-0.3, -0.25) is 0 Å². The first-order valence-electron chi connectivity index (χ1n) is 10.1. The molecule has 0 unspecified atom stereocenters. The molecule has 3 rings (SSSR count). The Morgan fingerprint density at radius 3 is 1.62 bits per heavy atom. The normalized spacial score (nSPS) is 11.7. The molecule has 0 aromatic heterocycles. The topological polar surface area (TPSA) is 18.8 Å². The average Bonchev–Trinajstić information content (AvgIpc) is 2.95. The first kappa shape index (κ1) is 21.2. The molecule has 29 heavy (non-hydrogen) atoms. The van der Waals surface area contributed by atoms with Gasteiger partial charge in [0.25, 0.3) is 0 Å². The predicted molar refractivity (Wildman–Crippen MR) is 126 cm³/mol. The monoisotopic (exact) mass is 445 g/mol. The second kappa shape index (κ2) is 10.3. The molecule has 0 heterocycles. The van der Waals surface area contributed by atoms with E-state index in [0.29, 0.717) is 6.04 Å². The van der Waals surface area contributed by atoms with Gasteiger partial charge in [0.05, 0.1) is 0 Å². The quantitative estimate of drug-likeness (QED) is 0.443. The summed E-state index contributed by atoms with van der Waals surface area (Å²) >= 11 is -0.720. The molecule has 2 radical (unpaired) electrons. The van der Waals surface area contributed by atoms with Crippen molar-refractivity contribution >= 4 is 32.9 Å². The third-order valence-corrected chi connectivity index (χ3v) is 7.95. The van der Waals surface area contributed by atoms with Gasteiger partial charge >= 0.3 is 182 Å². The molecule has 0 bridgehead atoms. The SMILES string of the molecule is CC(C)N=c1cccccc1[N]([Ge][N](c1ccccc1)c1ccccc1)C(C)C. The van der Waals surface area contributed by atoms with Crippen molar-refractivity contribution in [3.8, 4) is 0 Å². The Bertz CT molecular complexity index is 916. The fourth-order valence-electron chi connectivity index (χ4n) is 3.09. The van der Waals surface area contributed by atoms with E-state index >= 15 is 0 Å². The number of anilines is 3. The number of nitrogens with zero attached hydrogens (tertiary/aromatic N) is 3. The van der Waals surface area contributed by atoms with Crippen molar-refractivity contribution in [2.45, 2.75) is 39.8 Å². The van der Waals surface area contributed by atoms with Crippen LogP contribution in [0.4, 0.5) is 17.1 Å². The van der Waals surface area contributed by atoms with Crippen LogP contribution in [0.1, 0.15) is 27.7 Å². The number of benzene rings is 2. The number of hydrogen-bond donors (Lipinski definition) is 0. The Balaban J connectivity index is 2.09. The molecule has 0 N–H and O–H groups in total. The van der Waals surface area contributed by atoms with Gasteiger partial charge in [0, 0.05) is 0 Å². The van der Waals surface area contributed by atoms with Gasteiger partial charge < -0.3 is 0 Å². The molecule has 3 aromatic rings. The van der Waals surface area contributed by atoms with Crippen molar-refractivity contribution in [3.63, 3.8) is 0 Å². The van der Waals surface area contributed by atoms with Gasteiger partial charge in [-0.2, -0.15) is 0 Å². The van der Waals surface area contributed by atoms with E-state index < -0.39 is 15.9 Å². The summed E-state index contributed by atoms with van der Waals surface area (Å²) < 4.78 is 5.02. The molecule has 0 aliphatic carbocycles. The summed E-state index contributed by atoms with van der Waals surface area (Å²) in [6.07, 6.45) is 0. The van der Waals surface area contributed by atoms with E-state index in [-0.39, 0.29) is 6.04 Å². The van der Waals surface area contributed by atoms with Gasteiger partial charge in [-0.15, -0.1) is 0 Å². The zero-order chi connectivity index (χ0) is 20.6. The van der Waals surface area contributed by atoms with E-state index in [0.717, 1.165) is 5.36 Å². The van der Waals surface area contributed by atoms with Crippen LogP contribution in [0.25, 0.3) is 0 Å². The average molecular weight is 444 g/mol. The molecular formula is C25H29GeN3. The molecule has 4 heteroatoms. The number of para-hydroxylation sites is 2. The summed E-state index contributed by atoms with van der Waals surface area (Å²) in [6, 6.07) is 32.6. The minimum atomic E-state index is -0.720. The van der Waals surface area contributed by atoms with Gasteiger partial charge in [0.2, 0.25) is 0 Å². The summed E-state index contributed by atoms with van der Waals surface area (Å²) in [5, 5.41) is 1.06. The van der Waals surface area contributed by atoms with Crippen molar-refractivity contribution in [2.75, 3.05) is 7.71 Å². The minimum absolute atomic E-state index is 0.254. The molecule has 0 saturated heterocycles. The molecule has 0 amide bonds. The number of rotatable bonds is 7. The molecule has 0 aliphatic heterocycles. The van der Waals surface area contributed by atoms with Crippen molar-refractivity contribution < 1.29 is 0 Å². The van der Waals surface area contributed by atoms with Crippen LogP contribution < -0.4 is 13.1 Å². The fraction of sp³-hybridized carbons (Fsp3) is 0.240. The molecule has 3 nitrogen and oxygen atoms in total. The van der Waals surface area contributed by atoms with Gasteiger partial charge in [0.15, 0.2) is 0 Å². The Labute approximate surface area is 181 Å².